The number of anilines is 1. The zero-order valence-corrected chi connectivity index (χ0v) is 20.9. The number of benzene rings is 1. The zero-order chi connectivity index (χ0) is 23.7. The number of nitrogens with zero attached hydrogens (tertiary/aromatic N) is 3. The van der Waals surface area contributed by atoms with Crippen LogP contribution in [0.1, 0.15) is 38.9 Å². The summed E-state index contributed by atoms with van der Waals surface area (Å²) in [4.78, 5) is 55.3. The molecule has 0 radical (unpaired) electrons. The van der Waals surface area contributed by atoms with Gasteiger partial charge in [0.15, 0.2) is 0 Å². The maximum atomic E-state index is 13.0. The van der Waals surface area contributed by atoms with Gasteiger partial charge in [-0.3, -0.25) is 19.2 Å². The van der Waals surface area contributed by atoms with Crippen LogP contribution in [0.5, 0.6) is 0 Å². The van der Waals surface area contributed by atoms with Crippen molar-refractivity contribution in [2.75, 3.05) is 37.6 Å². The Morgan fingerprint density at radius 2 is 1.76 bits per heavy atom. The van der Waals surface area contributed by atoms with Gasteiger partial charge in [-0.1, -0.05) is 0 Å². The summed E-state index contributed by atoms with van der Waals surface area (Å²) in [7, 11) is 0. The van der Waals surface area contributed by atoms with Crippen LogP contribution in [0.4, 0.5) is 5.69 Å². The number of hydrogen-bond donors (Lipinski definition) is 1. The number of carbonyl (C=O) groups excluding carboxylic acids is 4. The highest BCUT2D eigenvalue weighted by atomic mass is 79.9. The third kappa shape index (κ3) is 5.11. The van der Waals surface area contributed by atoms with Gasteiger partial charge in [0, 0.05) is 57.3 Å². The van der Waals surface area contributed by atoms with Crippen LogP contribution < -0.4 is 10.2 Å². The molecule has 2 aliphatic rings. The number of nitrogens with one attached hydrogen (secondary N) is 1. The summed E-state index contributed by atoms with van der Waals surface area (Å²) in [6.07, 6.45) is 0.235. The highest BCUT2D eigenvalue weighted by molar-refractivity contribution is 9.11. The molecule has 2 fully saturated rings. The normalized spacial score (nSPS) is 18.6. The molecule has 174 valence electrons. The minimum absolute atomic E-state index is 0.0238. The van der Waals surface area contributed by atoms with Gasteiger partial charge in [0.25, 0.3) is 11.8 Å². The Morgan fingerprint density at radius 1 is 1.06 bits per heavy atom. The summed E-state index contributed by atoms with van der Waals surface area (Å²) in [5.74, 6) is -0.295. The van der Waals surface area contributed by atoms with E-state index in [-0.39, 0.29) is 36.1 Å². The lowest BCUT2D eigenvalue weighted by Crippen LogP contribution is -2.50. The van der Waals surface area contributed by atoms with Crippen LogP contribution in [0.2, 0.25) is 0 Å². The molecule has 4 rings (SSSR count). The number of hydrogen-bond acceptors (Lipinski definition) is 5. The minimum Gasteiger partial charge on any atom is -0.346 e. The number of carbonyl (C=O) groups is 4. The molecule has 1 atom stereocenters. The average molecular weight is 533 g/mol. The van der Waals surface area contributed by atoms with Gasteiger partial charge in [-0.25, -0.2) is 0 Å². The van der Waals surface area contributed by atoms with E-state index < -0.39 is 0 Å². The van der Waals surface area contributed by atoms with Gasteiger partial charge in [0.2, 0.25) is 11.8 Å². The largest absolute Gasteiger partial charge is 0.346 e. The second kappa shape index (κ2) is 9.64. The smallest absolute Gasteiger partial charge is 0.261 e. The highest BCUT2D eigenvalue weighted by Gasteiger charge is 2.32. The Kier molecular flexibility index (Phi) is 6.85. The van der Waals surface area contributed by atoms with E-state index in [0.29, 0.717) is 48.9 Å². The molecule has 1 N–H and O–H groups in total. The van der Waals surface area contributed by atoms with Crippen LogP contribution in [-0.4, -0.2) is 72.2 Å². The number of amides is 4. The first kappa shape index (κ1) is 23.4. The van der Waals surface area contributed by atoms with Crippen LogP contribution in [0.3, 0.4) is 0 Å². The molecule has 1 aromatic carbocycles. The lowest BCUT2D eigenvalue weighted by Gasteiger charge is -2.34. The van der Waals surface area contributed by atoms with E-state index in [2.05, 4.69) is 21.2 Å². The molecule has 0 unspecified atom stereocenters. The quantitative estimate of drug-likeness (QED) is 0.655. The molecular formula is C23H25BrN4O4S. The molecule has 2 aliphatic heterocycles. The maximum Gasteiger partial charge on any atom is 0.261 e. The molecule has 2 aromatic rings. The SMILES string of the molecule is CC(=O)N1CCN(C(=O)c2ccc(N3C[C@H](NC(=O)c4ccc(Br)s4)CC3=O)cc2C)CC1. The topological polar surface area (TPSA) is 90.0 Å². The molecule has 3 heterocycles. The van der Waals surface area contributed by atoms with E-state index in [1.807, 2.05) is 19.1 Å². The van der Waals surface area contributed by atoms with Crippen molar-refractivity contribution < 1.29 is 19.2 Å². The third-order valence-corrected chi connectivity index (χ3v) is 7.64. The Bertz CT molecular complexity index is 1110. The number of piperazine rings is 1. The molecule has 33 heavy (non-hydrogen) atoms. The maximum absolute atomic E-state index is 13.0. The van der Waals surface area contributed by atoms with Crippen LogP contribution >= 0.6 is 27.3 Å². The van der Waals surface area contributed by atoms with Gasteiger partial charge in [0.1, 0.15) is 0 Å². The fourth-order valence-electron chi connectivity index (χ4n) is 4.20. The summed E-state index contributed by atoms with van der Waals surface area (Å²) in [5, 5.41) is 2.94. The Hall–Kier alpha value is -2.72. The van der Waals surface area contributed by atoms with E-state index in [0.717, 1.165) is 9.35 Å². The Balaban J connectivity index is 1.40. The standard InChI is InChI=1S/C23H25BrN4O4S/c1-14-11-17(3-4-18(14)23(32)27-9-7-26(8-10-27)15(2)29)28-13-16(12-21(28)30)25-22(31)19-5-6-20(24)33-19/h3-6,11,16H,7-10,12-13H2,1-2H3,(H,25,31)/t16-/m1/s1. The molecule has 2 saturated heterocycles. The van der Waals surface area contributed by atoms with Crippen molar-refractivity contribution in [1.29, 1.82) is 0 Å². The molecule has 0 saturated carbocycles. The van der Waals surface area contributed by atoms with E-state index in [9.17, 15) is 19.2 Å². The number of thiophene rings is 1. The third-order valence-electron chi connectivity index (χ3n) is 6.02. The van der Waals surface area contributed by atoms with Gasteiger partial charge in [0.05, 0.1) is 14.7 Å². The van der Waals surface area contributed by atoms with Gasteiger partial charge in [-0.2, -0.15) is 0 Å². The van der Waals surface area contributed by atoms with E-state index in [1.54, 1.807) is 32.9 Å². The molecule has 0 aliphatic carbocycles. The van der Waals surface area contributed by atoms with Crippen LogP contribution in [0.25, 0.3) is 0 Å². The average Bonchev–Trinajstić information content (AvgIpc) is 3.38. The zero-order valence-electron chi connectivity index (χ0n) is 18.5. The molecule has 8 nitrogen and oxygen atoms in total. The minimum atomic E-state index is -0.273. The predicted octanol–water partition coefficient (Wildman–Crippen LogP) is 2.66. The molecular weight excluding hydrogens is 508 g/mol. The van der Waals surface area contributed by atoms with Crippen LogP contribution in [-0.2, 0) is 9.59 Å². The van der Waals surface area contributed by atoms with Crippen molar-refractivity contribution in [1.82, 2.24) is 15.1 Å². The summed E-state index contributed by atoms with van der Waals surface area (Å²) < 4.78 is 0.877. The summed E-state index contributed by atoms with van der Waals surface area (Å²) in [6, 6.07) is 8.68. The number of aryl methyl sites for hydroxylation is 1. The number of rotatable bonds is 4. The predicted molar refractivity (Wildman–Crippen MR) is 130 cm³/mol. The highest BCUT2D eigenvalue weighted by Crippen LogP contribution is 2.26. The van der Waals surface area contributed by atoms with Crippen molar-refractivity contribution in [3.63, 3.8) is 0 Å². The first-order chi connectivity index (χ1) is 15.7. The van der Waals surface area contributed by atoms with Gasteiger partial charge in [-0.15, -0.1) is 11.3 Å². The molecule has 4 amide bonds. The Morgan fingerprint density at radius 3 is 2.36 bits per heavy atom. The monoisotopic (exact) mass is 532 g/mol. The lowest BCUT2D eigenvalue weighted by molar-refractivity contribution is -0.130. The summed E-state index contributed by atoms with van der Waals surface area (Å²) in [6.45, 7) is 5.87. The fourth-order valence-corrected chi connectivity index (χ4v) is 5.49. The Labute approximate surface area is 204 Å². The van der Waals surface area contributed by atoms with Crippen LogP contribution in [0, 0.1) is 6.92 Å². The molecule has 0 bridgehead atoms. The summed E-state index contributed by atoms with van der Waals surface area (Å²) in [5.41, 5.74) is 2.09. The van der Waals surface area contributed by atoms with Crippen molar-refractivity contribution in [3.05, 3.63) is 50.1 Å². The van der Waals surface area contributed by atoms with E-state index in [4.69, 9.17) is 0 Å². The van der Waals surface area contributed by atoms with Gasteiger partial charge in [-0.05, 0) is 58.7 Å². The molecule has 1 aromatic heterocycles. The second-order valence-electron chi connectivity index (χ2n) is 8.28. The molecule has 0 spiro atoms. The van der Waals surface area contributed by atoms with Crippen molar-refractivity contribution in [3.8, 4) is 0 Å². The van der Waals surface area contributed by atoms with Gasteiger partial charge < -0.3 is 20.0 Å². The summed E-state index contributed by atoms with van der Waals surface area (Å²) >= 11 is 4.70. The lowest BCUT2D eigenvalue weighted by atomic mass is 10.1. The molecule has 10 heteroatoms. The van der Waals surface area contributed by atoms with Crippen LogP contribution in [0.15, 0.2) is 34.1 Å². The fraction of sp³-hybridized carbons (Fsp3) is 0.391. The second-order valence-corrected chi connectivity index (χ2v) is 10.7. The van der Waals surface area contributed by atoms with Crippen molar-refractivity contribution in [2.24, 2.45) is 0 Å². The first-order valence-corrected chi connectivity index (χ1v) is 12.4. The van der Waals surface area contributed by atoms with E-state index >= 15 is 0 Å². The van der Waals surface area contributed by atoms with Crippen molar-refractivity contribution >= 4 is 56.6 Å². The first-order valence-electron chi connectivity index (χ1n) is 10.7. The number of halogens is 1. The van der Waals surface area contributed by atoms with Crippen molar-refractivity contribution in [2.45, 2.75) is 26.3 Å². The van der Waals surface area contributed by atoms with Gasteiger partial charge >= 0.3 is 0 Å². The van der Waals surface area contributed by atoms with E-state index in [1.165, 1.54) is 18.3 Å².